The molecule has 1 aliphatic heterocycles. The van der Waals surface area contributed by atoms with Gasteiger partial charge in [0.2, 0.25) is 0 Å². The van der Waals surface area contributed by atoms with Crippen LogP contribution in [0.3, 0.4) is 0 Å². The summed E-state index contributed by atoms with van der Waals surface area (Å²) in [7, 11) is -3.54. The van der Waals surface area contributed by atoms with Gasteiger partial charge < -0.3 is 5.11 Å². The molecule has 2 rings (SSSR count). The Morgan fingerprint density at radius 1 is 1.53 bits per heavy atom. The second-order valence-corrected chi connectivity index (χ2v) is 8.41. The number of carboxylic acid groups (broad SMARTS) is 1. The van der Waals surface area contributed by atoms with E-state index in [4.69, 9.17) is 16.7 Å². The Hall–Kier alpha value is -0.630. The molecule has 5 nitrogen and oxygen atoms in total. The molecule has 1 N–H and O–H groups in total. The first-order chi connectivity index (χ1) is 8.89. The van der Waals surface area contributed by atoms with E-state index in [9.17, 15) is 13.2 Å². The summed E-state index contributed by atoms with van der Waals surface area (Å²) >= 11 is 6.78. The first kappa shape index (κ1) is 14.8. The van der Waals surface area contributed by atoms with Crippen LogP contribution in [0.5, 0.6) is 0 Å². The van der Waals surface area contributed by atoms with E-state index in [1.165, 1.54) is 10.4 Å². The summed E-state index contributed by atoms with van der Waals surface area (Å²) in [6.07, 6.45) is 1.46. The molecular weight excluding hydrogens is 310 g/mol. The normalized spacial score (nSPS) is 21.4. The van der Waals surface area contributed by atoms with Crippen molar-refractivity contribution in [3.8, 4) is 0 Å². The van der Waals surface area contributed by atoms with Gasteiger partial charge in [-0.25, -0.2) is 8.42 Å². The van der Waals surface area contributed by atoms with Gasteiger partial charge in [-0.05, 0) is 30.9 Å². The van der Waals surface area contributed by atoms with Crippen molar-refractivity contribution in [1.29, 1.82) is 0 Å². The maximum absolute atomic E-state index is 12.4. The number of sulfonamides is 1. The Kier molecular flexibility index (Phi) is 4.50. The van der Waals surface area contributed by atoms with E-state index in [0.717, 1.165) is 17.8 Å². The summed E-state index contributed by atoms with van der Waals surface area (Å²) in [4.78, 5) is 10.7. The zero-order valence-electron chi connectivity index (χ0n) is 10.1. The molecular formula is C11H14ClNO4S2. The standard InChI is InChI=1S/C11H14ClNO4S2/c12-9-3-4-11(18-9)19(16,17)13-5-1-2-8(7-13)6-10(14)15/h3-4,8H,1-2,5-7H2,(H,14,15). The SMILES string of the molecule is O=C(O)CC1CCCN(S(=O)(=O)c2ccc(Cl)s2)C1. The average molecular weight is 324 g/mol. The average Bonchev–Trinajstić information content (AvgIpc) is 2.76. The molecule has 0 bridgehead atoms. The Labute approximate surface area is 120 Å². The Morgan fingerprint density at radius 3 is 2.84 bits per heavy atom. The van der Waals surface area contributed by atoms with E-state index in [-0.39, 0.29) is 23.1 Å². The highest BCUT2D eigenvalue weighted by Gasteiger charge is 2.31. The van der Waals surface area contributed by atoms with Crippen LogP contribution >= 0.6 is 22.9 Å². The molecule has 0 radical (unpaired) electrons. The first-order valence-corrected chi connectivity index (χ1v) is 8.50. The maximum Gasteiger partial charge on any atom is 0.303 e. The van der Waals surface area contributed by atoms with Crippen LogP contribution in [0, 0.1) is 5.92 Å². The van der Waals surface area contributed by atoms with Crippen molar-refractivity contribution in [3.63, 3.8) is 0 Å². The van der Waals surface area contributed by atoms with Crippen molar-refractivity contribution < 1.29 is 18.3 Å². The van der Waals surface area contributed by atoms with E-state index in [0.29, 0.717) is 17.3 Å². The molecule has 0 aliphatic carbocycles. The molecule has 1 atom stereocenters. The van der Waals surface area contributed by atoms with Crippen LogP contribution in [0.4, 0.5) is 0 Å². The molecule has 1 aromatic rings. The van der Waals surface area contributed by atoms with Crippen LogP contribution in [0.15, 0.2) is 16.3 Å². The minimum absolute atomic E-state index is 0.0111. The molecule has 0 spiro atoms. The lowest BCUT2D eigenvalue weighted by Gasteiger charge is -2.30. The zero-order chi connectivity index (χ0) is 14.0. The third kappa shape index (κ3) is 3.47. The highest BCUT2D eigenvalue weighted by Crippen LogP contribution is 2.31. The number of aliphatic carboxylic acids is 1. The lowest BCUT2D eigenvalue weighted by Crippen LogP contribution is -2.40. The first-order valence-electron chi connectivity index (χ1n) is 5.87. The van der Waals surface area contributed by atoms with Crippen LogP contribution in [0.2, 0.25) is 4.34 Å². The molecule has 0 amide bonds. The lowest BCUT2D eigenvalue weighted by atomic mass is 9.96. The maximum atomic E-state index is 12.4. The summed E-state index contributed by atoms with van der Waals surface area (Å²) in [5, 5.41) is 8.79. The highest BCUT2D eigenvalue weighted by molar-refractivity contribution is 7.91. The summed E-state index contributed by atoms with van der Waals surface area (Å²) in [5.74, 6) is -1.00. The minimum atomic E-state index is -3.54. The second kappa shape index (κ2) is 5.78. The third-order valence-corrected chi connectivity index (χ3v) is 6.65. The smallest absolute Gasteiger partial charge is 0.303 e. The largest absolute Gasteiger partial charge is 0.481 e. The summed E-state index contributed by atoms with van der Waals surface area (Å²) < 4.78 is 26.7. The molecule has 1 unspecified atom stereocenters. The fraction of sp³-hybridized carbons (Fsp3) is 0.545. The molecule has 0 aromatic carbocycles. The van der Waals surface area contributed by atoms with Gasteiger partial charge in [-0.3, -0.25) is 4.79 Å². The summed E-state index contributed by atoms with van der Waals surface area (Å²) in [5.41, 5.74) is 0. The van der Waals surface area contributed by atoms with Crippen LogP contribution in [-0.2, 0) is 14.8 Å². The minimum Gasteiger partial charge on any atom is -0.481 e. The van der Waals surface area contributed by atoms with E-state index in [1.54, 1.807) is 6.07 Å². The van der Waals surface area contributed by atoms with Gasteiger partial charge >= 0.3 is 5.97 Å². The monoisotopic (exact) mass is 323 g/mol. The predicted molar refractivity (Wildman–Crippen MR) is 73.1 cm³/mol. The Bertz CT molecular complexity index is 569. The van der Waals surface area contributed by atoms with Crippen molar-refractivity contribution in [2.75, 3.05) is 13.1 Å². The van der Waals surface area contributed by atoms with Gasteiger partial charge in [-0.2, -0.15) is 4.31 Å². The van der Waals surface area contributed by atoms with Crippen LogP contribution in [-0.4, -0.2) is 36.9 Å². The van der Waals surface area contributed by atoms with Crippen LogP contribution in [0.1, 0.15) is 19.3 Å². The molecule has 1 fully saturated rings. The quantitative estimate of drug-likeness (QED) is 0.922. The van der Waals surface area contributed by atoms with Crippen LogP contribution in [0.25, 0.3) is 0 Å². The van der Waals surface area contributed by atoms with Gasteiger partial charge in [0.05, 0.1) is 4.34 Å². The molecule has 106 valence electrons. The lowest BCUT2D eigenvalue weighted by molar-refractivity contribution is -0.138. The number of halogens is 1. The number of thiophene rings is 1. The van der Waals surface area contributed by atoms with Crippen molar-refractivity contribution in [1.82, 2.24) is 4.31 Å². The number of hydrogen-bond donors (Lipinski definition) is 1. The molecule has 1 aromatic heterocycles. The zero-order valence-corrected chi connectivity index (χ0v) is 12.5. The molecule has 19 heavy (non-hydrogen) atoms. The number of piperidine rings is 1. The Morgan fingerprint density at radius 2 is 2.26 bits per heavy atom. The van der Waals surface area contributed by atoms with Gasteiger partial charge in [0.25, 0.3) is 10.0 Å². The van der Waals surface area contributed by atoms with Gasteiger partial charge in [0, 0.05) is 19.5 Å². The number of hydrogen-bond acceptors (Lipinski definition) is 4. The summed E-state index contributed by atoms with van der Waals surface area (Å²) in [6.45, 7) is 0.706. The van der Waals surface area contributed by atoms with Crippen molar-refractivity contribution in [2.45, 2.75) is 23.5 Å². The van der Waals surface area contributed by atoms with Gasteiger partial charge in [-0.15, -0.1) is 11.3 Å². The number of carboxylic acids is 1. The molecule has 2 heterocycles. The van der Waals surface area contributed by atoms with E-state index >= 15 is 0 Å². The summed E-state index contributed by atoms with van der Waals surface area (Å²) in [6, 6.07) is 3.04. The fourth-order valence-electron chi connectivity index (χ4n) is 2.22. The number of carbonyl (C=O) groups is 1. The molecule has 1 saturated heterocycles. The topological polar surface area (TPSA) is 74.7 Å². The van der Waals surface area contributed by atoms with Crippen molar-refractivity contribution in [2.24, 2.45) is 5.92 Å². The Balaban J connectivity index is 2.14. The highest BCUT2D eigenvalue weighted by atomic mass is 35.5. The van der Waals surface area contributed by atoms with E-state index in [1.807, 2.05) is 0 Å². The fourth-order valence-corrected chi connectivity index (χ4v) is 5.41. The van der Waals surface area contributed by atoms with E-state index in [2.05, 4.69) is 0 Å². The predicted octanol–water partition coefficient (Wildman–Crippen LogP) is 2.28. The van der Waals surface area contributed by atoms with Crippen molar-refractivity contribution in [3.05, 3.63) is 16.5 Å². The number of rotatable bonds is 4. The van der Waals surface area contributed by atoms with Gasteiger partial charge in [0.15, 0.2) is 0 Å². The molecule has 8 heteroatoms. The third-order valence-electron chi connectivity index (χ3n) is 3.09. The number of nitrogens with zero attached hydrogens (tertiary/aromatic N) is 1. The van der Waals surface area contributed by atoms with E-state index < -0.39 is 16.0 Å². The molecule has 0 saturated carbocycles. The van der Waals surface area contributed by atoms with Gasteiger partial charge in [-0.1, -0.05) is 11.6 Å². The van der Waals surface area contributed by atoms with Crippen LogP contribution < -0.4 is 0 Å². The second-order valence-electron chi connectivity index (χ2n) is 4.53. The van der Waals surface area contributed by atoms with Gasteiger partial charge in [0.1, 0.15) is 4.21 Å². The molecule has 1 aliphatic rings. The van der Waals surface area contributed by atoms with Crippen molar-refractivity contribution >= 4 is 38.9 Å².